The van der Waals surface area contributed by atoms with Gasteiger partial charge < -0.3 is 15.4 Å². The van der Waals surface area contributed by atoms with Gasteiger partial charge in [0.1, 0.15) is 0 Å². The molecule has 1 aliphatic rings. The predicted octanol–water partition coefficient (Wildman–Crippen LogP) is 3.21. The van der Waals surface area contributed by atoms with Gasteiger partial charge in [-0.05, 0) is 44.9 Å². The van der Waals surface area contributed by atoms with Gasteiger partial charge in [0.25, 0.3) is 0 Å². The number of carbonyl (C=O) groups excluding carboxylic acids is 1. The van der Waals surface area contributed by atoms with Crippen LogP contribution in [0.1, 0.15) is 49.9 Å². The molecule has 0 spiro atoms. The molecule has 2 N–H and O–H groups in total. The van der Waals surface area contributed by atoms with Crippen molar-refractivity contribution in [3.63, 3.8) is 0 Å². The first-order valence-corrected chi connectivity index (χ1v) is 7.43. The Morgan fingerprint density at radius 1 is 1.20 bits per heavy atom. The summed E-state index contributed by atoms with van der Waals surface area (Å²) in [6.07, 6.45) is 4.87. The van der Waals surface area contributed by atoms with Gasteiger partial charge in [0.2, 0.25) is 0 Å². The SMILES string of the molecule is CC(C)OC(=O)c1ccc(N2CCCCCC2)c(N)c1. The van der Waals surface area contributed by atoms with E-state index in [4.69, 9.17) is 10.5 Å². The number of nitrogens with zero attached hydrogens (tertiary/aromatic N) is 1. The number of benzene rings is 1. The molecular weight excluding hydrogens is 252 g/mol. The average molecular weight is 276 g/mol. The van der Waals surface area contributed by atoms with Crippen LogP contribution >= 0.6 is 0 Å². The molecule has 0 saturated carbocycles. The second kappa shape index (κ2) is 6.64. The number of ether oxygens (including phenoxy) is 1. The fraction of sp³-hybridized carbons (Fsp3) is 0.562. The second-order valence-electron chi connectivity index (χ2n) is 5.63. The molecule has 1 heterocycles. The van der Waals surface area contributed by atoms with E-state index in [1.807, 2.05) is 19.9 Å². The van der Waals surface area contributed by atoms with Gasteiger partial charge in [-0.3, -0.25) is 0 Å². The molecule has 1 aromatic carbocycles. The first-order valence-electron chi connectivity index (χ1n) is 7.43. The quantitative estimate of drug-likeness (QED) is 0.680. The number of hydrogen-bond donors (Lipinski definition) is 1. The van der Waals surface area contributed by atoms with Gasteiger partial charge in [0.05, 0.1) is 23.0 Å². The Bertz CT molecular complexity index is 464. The summed E-state index contributed by atoms with van der Waals surface area (Å²) in [6.45, 7) is 5.76. The number of nitrogens with two attached hydrogens (primary N) is 1. The van der Waals surface area contributed by atoms with E-state index in [9.17, 15) is 4.79 Å². The molecule has 20 heavy (non-hydrogen) atoms. The van der Waals surface area contributed by atoms with Crippen molar-refractivity contribution in [2.75, 3.05) is 23.7 Å². The lowest BCUT2D eigenvalue weighted by Crippen LogP contribution is -2.25. The van der Waals surface area contributed by atoms with Gasteiger partial charge >= 0.3 is 5.97 Å². The van der Waals surface area contributed by atoms with Crippen molar-refractivity contribution in [1.29, 1.82) is 0 Å². The molecule has 0 atom stereocenters. The zero-order valence-corrected chi connectivity index (χ0v) is 12.4. The standard InChI is InChI=1S/C16H24N2O2/c1-12(2)20-16(19)13-7-8-15(14(17)11-13)18-9-5-3-4-6-10-18/h7-8,11-12H,3-6,9-10,17H2,1-2H3. The highest BCUT2D eigenvalue weighted by molar-refractivity contribution is 5.92. The van der Waals surface area contributed by atoms with Crippen LogP contribution in [0.3, 0.4) is 0 Å². The highest BCUT2D eigenvalue weighted by atomic mass is 16.5. The third-order valence-corrected chi connectivity index (χ3v) is 3.55. The van der Waals surface area contributed by atoms with Crippen LogP contribution in [0, 0.1) is 0 Å². The second-order valence-corrected chi connectivity index (χ2v) is 5.63. The van der Waals surface area contributed by atoms with Gasteiger partial charge in [0, 0.05) is 13.1 Å². The fourth-order valence-corrected chi connectivity index (χ4v) is 2.56. The molecule has 1 aliphatic heterocycles. The third-order valence-electron chi connectivity index (χ3n) is 3.55. The van der Waals surface area contributed by atoms with Crippen LogP contribution in [-0.4, -0.2) is 25.2 Å². The summed E-state index contributed by atoms with van der Waals surface area (Å²) in [5, 5.41) is 0. The summed E-state index contributed by atoms with van der Waals surface area (Å²) in [4.78, 5) is 14.2. The fourth-order valence-electron chi connectivity index (χ4n) is 2.56. The van der Waals surface area contributed by atoms with Crippen LogP contribution in [0.2, 0.25) is 0 Å². The van der Waals surface area contributed by atoms with E-state index in [2.05, 4.69) is 4.90 Å². The van der Waals surface area contributed by atoms with E-state index >= 15 is 0 Å². The van der Waals surface area contributed by atoms with Crippen LogP contribution in [0.15, 0.2) is 18.2 Å². The first kappa shape index (κ1) is 14.7. The Balaban J connectivity index is 2.14. The minimum Gasteiger partial charge on any atom is -0.459 e. The van der Waals surface area contributed by atoms with Crippen molar-refractivity contribution in [2.24, 2.45) is 0 Å². The molecule has 0 bridgehead atoms. The number of esters is 1. The van der Waals surface area contributed by atoms with Crippen molar-refractivity contribution < 1.29 is 9.53 Å². The minimum absolute atomic E-state index is 0.117. The van der Waals surface area contributed by atoms with Gasteiger partial charge in [-0.2, -0.15) is 0 Å². The zero-order valence-electron chi connectivity index (χ0n) is 12.4. The Morgan fingerprint density at radius 2 is 1.85 bits per heavy atom. The predicted molar refractivity (Wildman–Crippen MR) is 82.1 cm³/mol. The number of anilines is 2. The summed E-state index contributed by atoms with van der Waals surface area (Å²) in [7, 11) is 0. The maximum atomic E-state index is 11.9. The molecular formula is C16H24N2O2. The normalized spacial score (nSPS) is 16.1. The Hall–Kier alpha value is -1.71. The lowest BCUT2D eigenvalue weighted by molar-refractivity contribution is 0.0378. The smallest absolute Gasteiger partial charge is 0.338 e. The lowest BCUT2D eigenvalue weighted by Gasteiger charge is -2.24. The average Bonchev–Trinajstić information content (AvgIpc) is 2.66. The van der Waals surface area contributed by atoms with Gasteiger partial charge in [-0.25, -0.2) is 4.79 Å². The Morgan fingerprint density at radius 3 is 2.40 bits per heavy atom. The minimum atomic E-state index is -0.311. The molecule has 0 amide bonds. The molecule has 0 radical (unpaired) electrons. The van der Waals surface area contributed by atoms with Crippen molar-refractivity contribution in [1.82, 2.24) is 0 Å². The molecule has 2 rings (SSSR count). The molecule has 1 saturated heterocycles. The van der Waals surface area contributed by atoms with E-state index < -0.39 is 0 Å². The Labute approximate surface area is 120 Å². The molecule has 0 aromatic heterocycles. The van der Waals surface area contributed by atoms with E-state index in [1.54, 1.807) is 12.1 Å². The van der Waals surface area contributed by atoms with Gasteiger partial charge in [-0.15, -0.1) is 0 Å². The van der Waals surface area contributed by atoms with Crippen molar-refractivity contribution in [2.45, 2.75) is 45.6 Å². The monoisotopic (exact) mass is 276 g/mol. The summed E-state index contributed by atoms with van der Waals surface area (Å²) in [5.74, 6) is -0.311. The molecule has 110 valence electrons. The third kappa shape index (κ3) is 3.65. The molecule has 0 aliphatic carbocycles. The van der Waals surface area contributed by atoms with Crippen molar-refractivity contribution in [3.8, 4) is 0 Å². The molecule has 4 heteroatoms. The summed E-state index contributed by atoms with van der Waals surface area (Å²) in [6, 6.07) is 5.48. The van der Waals surface area contributed by atoms with Gasteiger partial charge in [-0.1, -0.05) is 12.8 Å². The topological polar surface area (TPSA) is 55.6 Å². The van der Waals surface area contributed by atoms with E-state index in [0.717, 1.165) is 18.8 Å². The number of rotatable bonds is 3. The first-order chi connectivity index (χ1) is 9.58. The molecule has 4 nitrogen and oxygen atoms in total. The summed E-state index contributed by atoms with van der Waals surface area (Å²) >= 11 is 0. The molecule has 1 aromatic rings. The lowest BCUT2D eigenvalue weighted by atomic mass is 10.1. The highest BCUT2D eigenvalue weighted by Crippen LogP contribution is 2.27. The van der Waals surface area contributed by atoms with Crippen molar-refractivity contribution >= 4 is 17.3 Å². The van der Waals surface area contributed by atoms with Crippen LogP contribution in [0.5, 0.6) is 0 Å². The molecule has 1 fully saturated rings. The van der Waals surface area contributed by atoms with Gasteiger partial charge in [0.15, 0.2) is 0 Å². The Kier molecular flexibility index (Phi) is 4.88. The van der Waals surface area contributed by atoms with Crippen molar-refractivity contribution in [3.05, 3.63) is 23.8 Å². The molecule has 0 unspecified atom stereocenters. The van der Waals surface area contributed by atoms with E-state index in [1.165, 1.54) is 25.7 Å². The maximum absolute atomic E-state index is 11.9. The number of hydrogen-bond acceptors (Lipinski definition) is 4. The maximum Gasteiger partial charge on any atom is 0.338 e. The van der Waals surface area contributed by atoms with Crippen LogP contribution in [-0.2, 0) is 4.74 Å². The summed E-state index contributed by atoms with van der Waals surface area (Å²) in [5.41, 5.74) is 8.34. The number of carbonyl (C=O) groups is 1. The van der Waals surface area contributed by atoms with E-state index in [0.29, 0.717) is 11.3 Å². The largest absolute Gasteiger partial charge is 0.459 e. The van der Waals surface area contributed by atoms with E-state index in [-0.39, 0.29) is 12.1 Å². The van der Waals surface area contributed by atoms with Crippen LogP contribution in [0.25, 0.3) is 0 Å². The van der Waals surface area contributed by atoms with Crippen LogP contribution in [0.4, 0.5) is 11.4 Å². The zero-order chi connectivity index (χ0) is 14.5. The summed E-state index contributed by atoms with van der Waals surface area (Å²) < 4.78 is 5.19. The van der Waals surface area contributed by atoms with Crippen LogP contribution < -0.4 is 10.6 Å². The highest BCUT2D eigenvalue weighted by Gasteiger charge is 2.15. The number of nitrogen functional groups attached to an aromatic ring is 1.